The van der Waals surface area contributed by atoms with Gasteiger partial charge >= 0.3 is 12.3 Å². The predicted molar refractivity (Wildman–Crippen MR) is 112 cm³/mol. The standard InChI is InChI=1S/C23H22F3N3O4/c24-23(25,26)21-17(11-28-29-21)20(31)19(30)9-10-27-22(32)33-12-18-15-7-3-1-5-13(15)14-6-2-4-8-16(14)18/h1-8,11,18-20,30-31H,9-10,12H2,(H,27,32)(H,28,29). The van der Waals surface area contributed by atoms with E-state index in [-0.39, 0.29) is 25.5 Å². The first-order valence-corrected chi connectivity index (χ1v) is 10.3. The Kier molecular flexibility index (Phi) is 6.39. The van der Waals surface area contributed by atoms with E-state index >= 15 is 0 Å². The number of aromatic nitrogens is 2. The van der Waals surface area contributed by atoms with Gasteiger partial charge in [0, 0.05) is 18.0 Å². The number of aliphatic hydroxyl groups excluding tert-OH is 2. The molecule has 7 nitrogen and oxygen atoms in total. The summed E-state index contributed by atoms with van der Waals surface area (Å²) < 4.78 is 44.1. The van der Waals surface area contributed by atoms with Crippen LogP contribution in [0, 0.1) is 0 Å². The molecule has 0 bridgehead atoms. The van der Waals surface area contributed by atoms with Crippen LogP contribution in [-0.4, -0.2) is 45.8 Å². The zero-order valence-corrected chi connectivity index (χ0v) is 17.3. The fraction of sp³-hybridized carbons (Fsp3) is 0.304. The molecular weight excluding hydrogens is 439 g/mol. The van der Waals surface area contributed by atoms with E-state index in [0.717, 1.165) is 28.5 Å². The molecule has 33 heavy (non-hydrogen) atoms. The zero-order valence-electron chi connectivity index (χ0n) is 17.3. The Labute approximate surface area is 187 Å². The molecule has 3 aromatic rings. The number of alkyl halides is 3. The third-order valence-corrected chi connectivity index (χ3v) is 5.69. The van der Waals surface area contributed by atoms with Crippen molar-refractivity contribution in [3.8, 4) is 11.1 Å². The Balaban J connectivity index is 1.29. The molecule has 0 aliphatic heterocycles. The molecule has 1 amide bonds. The number of aromatic amines is 1. The number of halogens is 3. The van der Waals surface area contributed by atoms with Gasteiger partial charge in [0.2, 0.25) is 0 Å². The van der Waals surface area contributed by atoms with Crippen molar-refractivity contribution in [1.29, 1.82) is 0 Å². The van der Waals surface area contributed by atoms with Crippen molar-refractivity contribution >= 4 is 6.09 Å². The number of hydrogen-bond acceptors (Lipinski definition) is 5. The van der Waals surface area contributed by atoms with Crippen molar-refractivity contribution in [3.63, 3.8) is 0 Å². The van der Waals surface area contributed by atoms with Crippen molar-refractivity contribution in [2.24, 2.45) is 0 Å². The molecule has 1 aromatic heterocycles. The van der Waals surface area contributed by atoms with Crippen LogP contribution >= 0.6 is 0 Å². The molecule has 10 heteroatoms. The van der Waals surface area contributed by atoms with Crippen LogP contribution in [0.4, 0.5) is 18.0 Å². The predicted octanol–water partition coefficient (Wildman–Crippen LogP) is 3.75. The molecule has 174 valence electrons. The minimum absolute atomic E-state index is 0.103. The number of nitrogens with one attached hydrogen (secondary N) is 2. The summed E-state index contributed by atoms with van der Waals surface area (Å²) in [5, 5.41) is 27.6. The average molecular weight is 461 g/mol. The van der Waals surface area contributed by atoms with E-state index in [1.165, 1.54) is 0 Å². The first-order chi connectivity index (χ1) is 15.8. The molecular formula is C23H22F3N3O4. The Morgan fingerprint density at radius 1 is 1.09 bits per heavy atom. The van der Waals surface area contributed by atoms with E-state index in [9.17, 15) is 28.2 Å². The van der Waals surface area contributed by atoms with Crippen LogP contribution in [0.1, 0.15) is 40.8 Å². The largest absolute Gasteiger partial charge is 0.449 e. The first kappa shape index (κ1) is 22.8. The van der Waals surface area contributed by atoms with Crippen molar-refractivity contribution in [2.45, 2.75) is 30.7 Å². The summed E-state index contributed by atoms with van der Waals surface area (Å²) >= 11 is 0. The van der Waals surface area contributed by atoms with Crippen LogP contribution < -0.4 is 5.32 Å². The highest BCUT2D eigenvalue weighted by molar-refractivity contribution is 5.79. The summed E-state index contributed by atoms with van der Waals surface area (Å²) in [5.74, 6) is -0.113. The van der Waals surface area contributed by atoms with Gasteiger partial charge in [-0.1, -0.05) is 48.5 Å². The molecule has 2 aromatic carbocycles. The molecule has 4 rings (SSSR count). The number of aliphatic hydroxyl groups is 2. The lowest BCUT2D eigenvalue weighted by atomic mass is 9.98. The number of H-pyrrole nitrogens is 1. The number of rotatable bonds is 7. The molecule has 2 unspecified atom stereocenters. The lowest BCUT2D eigenvalue weighted by molar-refractivity contribution is -0.143. The second-order valence-corrected chi connectivity index (χ2v) is 7.75. The Morgan fingerprint density at radius 3 is 2.30 bits per heavy atom. The lowest BCUT2D eigenvalue weighted by Crippen LogP contribution is -2.31. The van der Waals surface area contributed by atoms with Crippen LogP contribution in [0.3, 0.4) is 0 Å². The number of fused-ring (bicyclic) bond motifs is 3. The van der Waals surface area contributed by atoms with Crippen molar-refractivity contribution in [2.75, 3.05) is 13.2 Å². The maximum Gasteiger partial charge on any atom is 0.433 e. The van der Waals surface area contributed by atoms with Gasteiger partial charge in [0.25, 0.3) is 0 Å². The third-order valence-electron chi connectivity index (χ3n) is 5.69. The molecule has 0 radical (unpaired) electrons. The number of carbonyl (C=O) groups excluding carboxylic acids is 1. The molecule has 0 spiro atoms. The van der Waals surface area contributed by atoms with Crippen LogP contribution in [0.2, 0.25) is 0 Å². The topological polar surface area (TPSA) is 107 Å². The maximum absolute atomic E-state index is 12.9. The number of ether oxygens (including phenoxy) is 1. The summed E-state index contributed by atoms with van der Waals surface area (Å²) in [6.07, 6.45) is -8.20. The molecule has 0 fully saturated rings. The minimum atomic E-state index is -4.74. The van der Waals surface area contributed by atoms with Gasteiger partial charge in [-0.3, -0.25) is 5.10 Å². The summed E-state index contributed by atoms with van der Waals surface area (Å²) in [7, 11) is 0. The highest BCUT2D eigenvalue weighted by Crippen LogP contribution is 2.44. The van der Waals surface area contributed by atoms with E-state index in [1.807, 2.05) is 48.5 Å². The first-order valence-electron chi connectivity index (χ1n) is 10.3. The smallest absolute Gasteiger partial charge is 0.433 e. The second-order valence-electron chi connectivity index (χ2n) is 7.75. The van der Waals surface area contributed by atoms with Crippen LogP contribution in [0.25, 0.3) is 11.1 Å². The van der Waals surface area contributed by atoms with Gasteiger partial charge in [-0.25, -0.2) is 4.79 Å². The number of hydrogen-bond donors (Lipinski definition) is 4. The Morgan fingerprint density at radius 2 is 1.70 bits per heavy atom. The van der Waals surface area contributed by atoms with Gasteiger partial charge in [-0.05, 0) is 28.7 Å². The van der Waals surface area contributed by atoms with E-state index < -0.39 is 35.7 Å². The fourth-order valence-corrected chi connectivity index (χ4v) is 4.08. The highest BCUT2D eigenvalue weighted by Gasteiger charge is 2.38. The molecule has 1 aliphatic rings. The number of nitrogens with zero attached hydrogens (tertiary/aromatic N) is 1. The van der Waals surface area contributed by atoms with E-state index in [2.05, 4.69) is 10.4 Å². The van der Waals surface area contributed by atoms with Crippen LogP contribution in [0.5, 0.6) is 0 Å². The normalized spacial score (nSPS) is 14.9. The molecule has 0 saturated carbocycles. The van der Waals surface area contributed by atoms with Gasteiger partial charge in [0.1, 0.15) is 18.4 Å². The Bertz CT molecular complexity index is 1090. The highest BCUT2D eigenvalue weighted by atomic mass is 19.4. The summed E-state index contributed by atoms with van der Waals surface area (Å²) in [5.41, 5.74) is 2.53. The van der Waals surface area contributed by atoms with Crippen molar-refractivity contribution in [3.05, 3.63) is 77.1 Å². The van der Waals surface area contributed by atoms with Gasteiger partial charge < -0.3 is 20.3 Å². The number of carbonyl (C=O) groups is 1. The van der Waals surface area contributed by atoms with Crippen LogP contribution in [0.15, 0.2) is 54.7 Å². The fourth-order valence-electron chi connectivity index (χ4n) is 4.08. The van der Waals surface area contributed by atoms with E-state index in [1.54, 1.807) is 5.10 Å². The van der Waals surface area contributed by atoms with Gasteiger partial charge in [0.15, 0.2) is 0 Å². The molecule has 4 N–H and O–H groups in total. The third kappa shape index (κ3) is 4.71. The number of amides is 1. The van der Waals surface area contributed by atoms with Crippen molar-refractivity contribution in [1.82, 2.24) is 15.5 Å². The van der Waals surface area contributed by atoms with Gasteiger partial charge in [0.05, 0.1) is 12.3 Å². The molecule has 1 aliphatic carbocycles. The van der Waals surface area contributed by atoms with Crippen molar-refractivity contribution < 1.29 is 32.9 Å². The quantitative estimate of drug-likeness (QED) is 0.429. The van der Waals surface area contributed by atoms with Gasteiger partial charge in [-0.15, -0.1) is 0 Å². The second kappa shape index (κ2) is 9.24. The minimum Gasteiger partial charge on any atom is -0.449 e. The van der Waals surface area contributed by atoms with E-state index in [4.69, 9.17) is 4.74 Å². The molecule has 1 heterocycles. The summed E-state index contributed by atoms with van der Waals surface area (Å²) in [6.45, 7) is 0.00308. The number of benzene rings is 2. The lowest BCUT2D eigenvalue weighted by Gasteiger charge is -2.19. The van der Waals surface area contributed by atoms with Crippen LogP contribution in [-0.2, 0) is 10.9 Å². The van der Waals surface area contributed by atoms with E-state index in [0.29, 0.717) is 0 Å². The zero-order chi connectivity index (χ0) is 23.6. The molecule has 0 saturated heterocycles. The number of alkyl carbamates (subject to hydrolysis) is 1. The van der Waals surface area contributed by atoms with Gasteiger partial charge in [-0.2, -0.15) is 18.3 Å². The summed E-state index contributed by atoms with van der Waals surface area (Å²) in [4.78, 5) is 12.1. The summed E-state index contributed by atoms with van der Waals surface area (Å²) in [6, 6.07) is 15.8. The monoisotopic (exact) mass is 461 g/mol. The molecule has 2 atom stereocenters. The average Bonchev–Trinajstić information content (AvgIpc) is 3.41. The Hall–Kier alpha value is -3.37. The SMILES string of the molecule is O=C(NCCC(O)C(O)c1cn[nH]c1C(F)(F)F)OCC1c2ccccc2-c2ccccc21. The maximum atomic E-state index is 12.9.